The highest BCUT2D eigenvalue weighted by Gasteiger charge is 2.42. The van der Waals surface area contributed by atoms with Crippen LogP contribution in [0.3, 0.4) is 0 Å². The number of rotatable bonds is 1. The number of pyridine rings is 1. The molecule has 2 saturated heterocycles. The van der Waals surface area contributed by atoms with Crippen molar-refractivity contribution >= 4 is 34.4 Å². The Morgan fingerprint density at radius 3 is 2.75 bits per heavy atom. The molecule has 28 heavy (non-hydrogen) atoms. The third-order valence-corrected chi connectivity index (χ3v) is 5.32. The molecule has 2 aliphatic heterocycles. The molecule has 9 heteroatoms. The molecule has 0 spiro atoms. The van der Waals surface area contributed by atoms with Gasteiger partial charge in [0, 0.05) is 37.3 Å². The number of nitrogens with zero attached hydrogens (tertiary/aromatic N) is 3. The van der Waals surface area contributed by atoms with Crippen molar-refractivity contribution in [3.8, 4) is 0 Å². The van der Waals surface area contributed by atoms with Crippen LogP contribution in [0.1, 0.15) is 5.56 Å². The lowest BCUT2D eigenvalue weighted by atomic mass is 10.1. The number of fused-ring (bicyclic) bond motifs is 2. The number of carbonyl (C=O) groups excluding carboxylic acids is 3. The quantitative estimate of drug-likeness (QED) is 0.741. The van der Waals surface area contributed by atoms with E-state index in [2.05, 4.69) is 10.3 Å². The Bertz CT molecular complexity index is 1050. The Hall–Kier alpha value is -3.36. The minimum absolute atomic E-state index is 0.0796. The number of aromatic amines is 1. The molecule has 0 unspecified atom stereocenters. The summed E-state index contributed by atoms with van der Waals surface area (Å²) in [5.41, 5.74) is 1.85. The molecule has 0 aliphatic carbocycles. The van der Waals surface area contributed by atoms with E-state index in [1.54, 1.807) is 24.1 Å². The van der Waals surface area contributed by atoms with Crippen LogP contribution in [-0.4, -0.2) is 76.8 Å². The number of aromatic nitrogens is 1. The summed E-state index contributed by atoms with van der Waals surface area (Å²) in [6.45, 7) is 2.78. The highest BCUT2D eigenvalue weighted by atomic mass is 16.2. The largest absolute Gasteiger partial charge is 0.335 e. The number of piperazine rings is 2. The number of nitrogens with one attached hydrogen (secondary N) is 2. The van der Waals surface area contributed by atoms with Gasteiger partial charge in [-0.05, 0) is 24.6 Å². The minimum atomic E-state index is -0.638. The molecule has 2 aliphatic rings. The third kappa shape index (κ3) is 3.08. The van der Waals surface area contributed by atoms with Crippen LogP contribution in [0.15, 0.2) is 29.1 Å². The fourth-order valence-corrected chi connectivity index (χ4v) is 3.82. The molecule has 0 saturated carbocycles. The predicted molar refractivity (Wildman–Crippen MR) is 103 cm³/mol. The first kappa shape index (κ1) is 18.0. The van der Waals surface area contributed by atoms with E-state index in [1.165, 1.54) is 15.9 Å². The highest BCUT2D eigenvalue weighted by molar-refractivity contribution is 5.97. The van der Waals surface area contributed by atoms with Gasteiger partial charge in [-0.2, -0.15) is 0 Å². The first-order valence-electron chi connectivity index (χ1n) is 9.07. The van der Waals surface area contributed by atoms with E-state index in [1.807, 2.05) is 13.0 Å². The molecule has 2 aromatic rings. The van der Waals surface area contributed by atoms with Gasteiger partial charge in [-0.3, -0.25) is 14.4 Å². The molecule has 9 nitrogen and oxygen atoms in total. The first-order valence-corrected chi connectivity index (χ1v) is 9.07. The van der Waals surface area contributed by atoms with Gasteiger partial charge < -0.3 is 25.0 Å². The monoisotopic (exact) mass is 383 g/mol. The summed E-state index contributed by atoms with van der Waals surface area (Å²) >= 11 is 0. The second kappa shape index (κ2) is 6.66. The maximum atomic E-state index is 12.7. The standard InChI is InChI=1S/C19H21N5O4/c1-11-7-16(25)21-14-8-12(3-4-13(11)14)20-19(28)23-5-6-24-15(9-23)18(27)22(2)10-17(24)26/h3-4,7-8,15H,5-6,9-10H2,1-2H3,(H,20,28)(H,21,25)/t15-/m0/s1. The van der Waals surface area contributed by atoms with Gasteiger partial charge in [-0.1, -0.05) is 6.07 Å². The van der Waals surface area contributed by atoms with Crippen LogP contribution >= 0.6 is 0 Å². The molecule has 2 fully saturated rings. The zero-order valence-electron chi connectivity index (χ0n) is 15.7. The summed E-state index contributed by atoms with van der Waals surface area (Å²) in [5, 5.41) is 3.72. The number of hydrogen-bond donors (Lipinski definition) is 2. The van der Waals surface area contributed by atoms with E-state index in [0.29, 0.717) is 24.3 Å². The molecule has 146 valence electrons. The SMILES string of the molecule is Cc1cc(=O)[nH]c2cc(NC(=O)N3CCN4C(=O)CN(C)C(=O)[C@@H]4C3)ccc12. The Labute approximate surface area is 160 Å². The highest BCUT2D eigenvalue weighted by Crippen LogP contribution is 2.21. The summed E-state index contributed by atoms with van der Waals surface area (Å²) in [5.74, 6) is -0.253. The summed E-state index contributed by atoms with van der Waals surface area (Å²) in [6.07, 6.45) is 0. The topological polar surface area (TPSA) is 106 Å². The Morgan fingerprint density at radius 1 is 1.18 bits per heavy atom. The van der Waals surface area contributed by atoms with Crippen molar-refractivity contribution in [1.29, 1.82) is 0 Å². The van der Waals surface area contributed by atoms with Crippen LogP contribution in [0.2, 0.25) is 0 Å². The zero-order valence-corrected chi connectivity index (χ0v) is 15.7. The van der Waals surface area contributed by atoms with Crippen molar-refractivity contribution in [3.63, 3.8) is 0 Å². The zero-order chi connectivity index (χ0) is 20.0. The van der Waals surface area contributed by atoms with E-state index in [0.717, 1.165) is 10.9 Å². The molecule has 1 atom stereocenters. The lowest BCUT2D eigenvalue weighted by molar-refractivity contribution is -0.157. The fourth-order valence-electron chi connectivity index (χ4n) is 3.82. The smallest absolute Gasteiger partial charge is 0.321 e. The lowest BCUT2D eigenvalue weighted by Gasteiger charge is -2.45. The van der Waals surface area contributed by atoms with Gasteiger partial charge in [0.1, 0.15) is 6.04 Å². The molecule has 4 amide bonds. The number of carbonyl (C=O) groups is 3. The summed E-state index contributed by atoms with van der Waals surface area (Å²) in [6, 6.07) is 5.86. The molecule has 0 bridgehead atoms. The van der Waals surface area contributed by atoms with Crippen molar-refractivity contribution in [2.24, 2.45) is 0 Å². The van der Waals surface area contributed by atoms with E-state index in [9.17, 15) is 19.2 Å². The van der Waals surface area contributed by atoms with E-state index < -0.39 is 6.04 Å². The normalized spacial score (nSPS) is 19.8. The summed E-state index contributed by atoms with van der Waals surface area (Å²) in [4.78, 5) is 56.1. The van der Waals surface area contributed by atoms with E-state index >= 15 is 0 Å². The van der Waals surface area contributed by atoms with Crippen molar-refractivity contribution in [2.75, 3.05) is 38.5 Å². The Kier molecular flexibility index (Phi) is 4.29. The fraction of sp³-hybridized carbons (Fsp3) is 0.368. The Morgan fingerprint density at radius 2 is 1.96 bits per heavy atom. The average molecular weight is 383 g/mol. The number of hydrogen-bond acceptors (Lipinski definition) is 4. The molecule has 0 radical (unpaired) electrons. The van der Waals surface area contributed by atoms with Gasteiger partial charge in [0.25, 0.3) is 0 Å². The maximum absolute atomic E-state index is 12.7. The van der Waals surface area contributed by atoms with Gasteiger partial charge in [-0.15, -0.1) is 0 Å². The number of H-pyrrole nitrogens is 1. The number of likely N-dealkylation sites (N-methyl/N-ethyl adjacent to an activating group) is 1. The van der Waals surface area contributed by atoms with Crippen LogP contribution in [0.25, 0.3) is 10.9 Å². The number of benzene rings is 1. The summed E-state index contributed by atoms with van der Waals surface area (Å²) in [7, 11) is 1.59. The van der Waals surface area contributed by atoms with Gasteiger partial charge in [0.15, 0.2) is 0 Å². The van der Waals surface area contributed by atoms with Gasteiger partial charge >= 0.3 is 6.03 Å². The van der Waals surface area contributed by atoms with Crippen LogP contribution in [0, 0.1) is 6.92 Å². The van der Waals surface area contributed by atoms with E-state index in [4.69, 9.17) is 0 Å². The second-order valence-corrected chi connectivity index (χ2v) is 7.25. The van der Waals surface area contributed by atoms with Crippen molar-refractivity contribution in [1.82, 2.24) is 19.7 Å². The van der Waals surface area contributed by atoms with Crippen LogP contribution in [-0.2, 0) is 9.59 Å². The van der Waals surface area contributed by atoms with Crippen LogP contribution in [0.4, 0.5) is 10.5 Å². The summed E-state index contributed by atoms with van der Waals surface area (Å²) < 4.78 is 0. The number of anilines is 1. The molecule has 1 aromatic carbocycles. The minimum Gasteiger partial charge on any atom is -0.335 e. The average Bonchev–Trinajstić information content (AvgIpc) is 2.65. The van der Waals surface area contributed by atoms with Crippen molar-refractivity contribution in [2.45, 2.75) is 13.0 Å². The Balaban J connectivity index is 1.51. The maximum Gasteiger partial charge on any atom is 0.321 e. The van der Waals surface area contributed by atoms with Crippen LogP contribution < -0.4 is 10.9 Å². The van der Waals surface area contributed by atoms with Crippen molar-refractivity contribution < 1.29 is 14.4 Å². The number of urea groups is 1. The first-order chi connectivity index (χ1) is 13.3. The predicted octanol–water partition coefficient (Wildman–Crippen LogP) is 0.353. The molecule has 4 rings (SSSR count). The molecule has 1 aromatic heterocycles. The molecule has 2 N–H and O–H groups in total. The van der Waals surface area contributed by atoms with Crippen molar-refractivity contribution in [3.05, 3.63) is 40.2 Å². The van der Waals surface area contributed by atoms with Gasteiger partial charge in [-0.25, -0.2) is 4.79 Å². The molecular formula is C19H21N5O4. The third-order valence-electron chi connectivity index (χ3n) is 5.32. The molecular weight excluding hydrogens is 362 g/mol. The number of aryl methyl sites for hydroxylation is 1. The van der Waals surface area contributed by atoms with Gasteiger partial charge in [0.2, 0.25) is 17.4 Å². The second-order valence-electron chi connectivity index (χ2n) is 7.25. The van der Waals surface area contributed by atoms with Crippen LogP contribution in [0.5, 0.6) is 0 Å². The molecule has 3 heterocycles. The van der Waals surface area contributed by atoms with Gasteiger partial charge in [0.05, 0.1) is 18.6 Å². The van der Waals surface area contributed by atoms with E-state index in [-0.39, 0.29) is 36.5 Å². The number of amides is 4. The lowest BCUT2D eigenvalue weighted by Crippen LogP contribution is -2.67.